The standard InChI is InChI=1S/C75H120N12O14/c1-22-48(8)75(15)73(100)85(20)58(40-47(6)7)64(91)78-55(71(98)87-36-30-25-31-37-87)43-61(89)76-49(9)67(94)82(17)57(39-46(4)5)63(90)77-54(38-45(2)3)69(96)83(18)59(41-52-32-26-23-27-33-52)65(92)79-56(44-101-74(12,13)14)70(97)84(19)60(42-53-34-28-24-29-35-53)66(93)80-62(51(11)88)72(99)81(16)50(10)68(95)86(75)21/h23-24,26-29,32-35,45-51,54-60,62,88H,22,25,30-31,36-44H2,1-21H3,(H,76,89)(H,77,90)(H,78,91)(H,79,92)(H,80,93)/t48-,49+,50-,51+,54-,55?,56-,57-,58-,59-,60-,62-,75?/m0/s1. The monoisotopic (exact) mass is 1410 g/mol. The van der Waals surface area contributed by atoms with Crippen LogP contribution in [0, 0.1) is 23.7 Å². The van der Waals surface area contributed by atoms with Crippen LogP contribution in [-0.2, 0) is 75.1 Å². The number of rotatable bonds is 16. The van der Waals surface area contributed by atoms with Crippen LogP contribution in [0.1, 0.15) is 166 Å². The summed E-state index contributed by atoms with van der Waals surface area (Å²) in [6.07, 6.45) is 0.350. The largest absolute Gasteiger partial charge is 0.391 e. The van der Waals surface area contributed by atoms with E-state index in [1.54, 1.807) is 100 Å². The predicted molar refractivity (Wildman–Crippen MR) is 386 cm³/mol. The molecule has 0 bridgehead atoms. The van der Waals surface area contributed by atoms with Gasteiger partial charge in [0.15, 0.2) is 0 Å². The minimum absolute atomic E-state index is 0.0685. The molecular formula is C75H120N12O14. The lowest BCUT2D eigenvalue weighted by atomic mass is 9.81. The molecule has 2 saturated heterocycles. The number of nitrogens with zero attached hydrogens (tertiary/aromatic N) is 7. The first-order chi connectivity index (χ1) is 47.1. The summed E-state index contributed by atoms with van der Waals surface area (Å²) in [7, 11) is 8.33. The van der Waals surface area contributed by atoms with Crippen molar-refractivity contribution in [3.8, 4) is 0 Å². The number of amides is 12. The molecule has 2 aliphatic heterocycles. The van der Waals surface area contributed by atoms with E-state index in [-0.39, 0.29) is 49.9 Å². The van der Waals surface area contributed by atoms with E-state index in [0.717, 1.165) is 16.2 Å². The van der Waals surface area contributed by atoms with Crippen molar-refractivity contribution in [3.63, 3.8) is 0 Å². The third kappa shape index (κ3) is 23.5. The van der Waals surface area contributed by atoms with Crippen molar-refractivity contribution in [2.75, 3.05) is 62.0 Å². The maximum Gasteiger partial charge on any atom is 0.248 e. The van der Waals surface area contributed by atoms with Gasteiger partial charge in [-0.15, -0.1) is 0 Å². The number of likely N-dealkylation sites (tertiary alicyclic amines) is 1. The molecule has 2 unspecified atom stereocenters. The summed E-state index contributed by atoms with van der Waals surface area (Å²) in [4.78, 5) is 189. The van der Waals surface area contributed by atoms with Gasteiger partial charge in [-0.2, -0.15) is 0 Å². The average molecular weight is 1410 g/mol. The molecule has 2 aromatic carbocycles. The van der Waals surface area contributed by atoms with Gasteiger partial charge < -0.3 is 70.7 Å². The first kappa shape index (κ1) is 85.4. The Labute approximate surface area is 599 Å². The van der Waals surface area contributed by atoms with Crippen LogP contribution in [0.4, 0.5) is 0 Å². The lowest BCUT2D eigenvalue weighted by Gasteiger charge is -2.46. The smallest absolute Gasteiger partial charge is 0.248 e. The molecule has 564 valence electrons. The Hall–Kier alpha value is -8.00. The van der Waals surface area contributed by atoms with Crippen molar-refractivity contribution in [3.05, 3.63) is 71.8 Å². The van der Waals surface area contributed by atoms with Gasteiger partial charge in [0.25, 0.3) is 0 Å². The average Bonchev–Trinajstić information content (AvgIpc) is 0.767. The highest BCUT2D eigenvalue weighted by Crippen LogP contribution is 2.32. The van der Waals surface area contributed by atoms with Gasteiger partial charge in [-0.3, -0.25) is 57.5 Å². The number of benzene rings is 2. The van der Waals surface area contributed by atoms with Gasteiger partial charge in [-0.05, 0) is 122 Å². The Kier molecular flexibility index (Phi) is 32.4. The van der Waals surface area contributed by atoms with E-state index < -0.39 is 167 Å². The molecule has 26 heteroatoms. The van der Waals surface area contributed by atoms with E-state index in [2.05, 4.69) is 26.6 Å². The number of piperidine rings is 1. The zero-order chi connectivity index (χ0) is 76.3. The number of aliphatic hydroxyl groups excluding tert-OH is 1. The van der Waals surface area contributed by atoms with Crippen molar-refractivity contribution < 1.29 is 67.4 Å². The maximum absolute atomic E-state index is 15.5. The summed E-state index contributed by atoms with van der Waals surface area (Å²) in [5.41, 5.74) is -1.39. The molecule has 101 heavy (non-hydrogen) atoms. The van der Waals surface area contributed by atoms with Crippen LogP contribution < -0.4 is 26.6 Å². The highest BCUT2D eigenvalue weighted by atomic mass is 16.5. The molecule has 0 radical (unpaired) electrons. The van der Waals surface area contributed by atoms with E-state index in [1.807, 2.05) is 48.5 Å². The minimum atomic E-state index is -1.73. The van der Waals surface area contributed by atoms with Gasteiger partial charge in [-0.25, -0.2) is 0 Å². The molecule has 0 aliphatic carbocycles. The third-order valence-corrected chi connectivity index (χ3v) is 19.8. The van der Waals surface area contributed by atoms with E-state index in [4.69, 9.17) is 4.74 Å². The molecular weight excluding hydrogens is 1290 g/mol. The first-order valence-electron chi connectivity index (χ1n) is 35.9. The number of aliphatic hydroxyl groups is 1. The molecule has 26 nitrogen and oxygen atoms in total. The molecule has 13 atom stereocenters. The molecule has 2 aromatic rings. The fraction of sp³-hybridized carbons (Fsp3) is 0.680. The van der Waals surface area contributed by atoms with Crippen molar-refractivity contribution in [2.24, 2.45) is 23.7 Å². The SMILES string of the molecule is CC[C@H](C)C1(C)C(=O)N(C)[C@@H](CC(C)C)C(=O)NC(C(=O)N2CCCCC2)CC(=O)N[C@H](C)C(=O)N(C)[C@@H](CC(C)C)C(=O)N[C@@H](CC(C)C)C(=O)N(C)[C@@H](Cc2ccccc2)C(=O)N[C@@H](COC(C)(C)C)C(=O)N(C)[C@@H](Cc2ccccc2)C(=O)N[C@@H]([C@@H](C)O)C(=O)N(C)[C@@H](C)C(=O)N1C. The fourth-order valence-corrected chi connectivity index (χ4v) is 12.9. The molecule has 6 N–H and O–H groups in total. The molecule has 0 spiro atoms. The first-order valence-corrected chi connectivity index (χ1v) is 35.9. The van der Waals surface area contributed by atoms with Gasteiger partial charge in [-0.1, -0.05) is 122 Å². The second-order valence-electron chi connectivity index (χ2n) is 30.3. The highest BCUT2D eigenvalue weighted by molar-refractivity contribution is 6.01. The summed E-state index contributed by atoms with van der Waals surface area (Å²) < 4.78 is 6.22. The van der Waals surface area contributed by atoms with Gasteiger partial charge in [0.1, 0.15) is 66.0 Å². The molecule has 2 fully saturated rings. The predicted octanol–water partition coefficient (Wildman–Crippen LogP) is 4.08. The summed E-state index contributed by atoms with van der Waals surface area (Å²) in [5.74, 6) is -10.2. The Morgan fingerprint density at radius 2 is 0.980 bits per heavy atom. The second kappa shape index (κ2) is 38.3. The van der Waals surface area contributed by atoms with Crippen molar-refractivity contribution in [2.45, 2.75) is 246 Å². The normalized spacial score (nSPS) is 26.7. The molecule has 0 aromatic heterocycles. The van der Waals surface area contributed by atoms with Crippen LogP contribution in [0.25, 0.3) is 0 Å². The lowest BCUT2D eigenvalue weighted by Crippen LogP contribution is -2.66. The van der Waals surface area contributed by atoms with Gasteiger partial charge in [0.2, 0.25) is 70.9 Å². The number of ether oxygens (including phenoxy) is 1. The van der Waals surface area contributed by atoms with Crippen molar-refractivity contribution >= 4 is 70.9 Å². The Bertz CT molecular complexity index is 3160. The van der Waals surface area contributed by atoms with E-state index in [1.165, 1.54) is 82.7 Å². The summed E-state index contributed by atoms with van der Waals surface area (Å²) >= 11 is 0. The Balaban J connectivity index is 2.00. The second-order valence-corrected chi connectivity index (χ2v) is 30.3. The maximum atomic E-state index is 15.5. The Morgan fingerprint density at radius 3 is 1.45 bits per heavy atom. The highest BCUT2D eigenvalue weighted by Gasteiger charge is 2.50. The summed E-state index contributed by atoms with van der Waals surface area (Å²) in [6.45, 7) is 25.9. The van der Waals surface area contributed by atoms with E-state index in [9.17, 15) is 29.1 Å². The van der Waals surface area contributed by atoms with E-state index >= 15 is 33.6 Å². The van der Waals surface area contributed by atoms with Crippen LogP contribution in [0.15, 0.2) is 60.7 Å². The van der Waals surface area contributed by atoms with Crippen LogP contribution in [0.2, 0.25) is 0 Å². The minimum Gasteiger partial charge on any atom is -0.391 e. The van der Waals surface area contributed by atoms with E-state index in [0.29, 0.717) is 43.5 Å². The van der Waals surface area contributed by atoms with Crippen LogP contribution in [-0.4, -0.2) is 250 Å². The van der Waals surface area contributed by atoms with Crippen LogP contribution in [0.3, 0.4) is 0 Å². The third-order valence-electron chi connectivity index (χ3n) is 19.8. The zero-order valence-electron chi connectivity index (χ0n) is 64.0. The fourth-order valence-electron chi connectivity index (χ4n) is 12.9. The number of carbonyl (C=O) groups is 12. The number of hydrogen-bond acceptors (Lipinski definition) is 14. The molecule has 4 rings (SSSR count). The quantitative estimate of drug-likeness (QED) is 0.138. The van der Waals surface area contributed by atoms with Crippen LogP contribution >= 0.6 is 0 Å². The lowest BCUT2D eigenvalue weighted by molar-refractivity contribution is -0.161. The number of likely N-dealkylation sites (N-methyl/N-ethyl adjacent to an activating group) is 6. The number of nitrogens with one attached hydrogen (secondary N) is 5. The molecule has 12 amide bonds. The topological polar surface area (TPSA) is 317 Å². The van der Waals surface area contributed by atoms with Crippen LogP contribution in [0.5, 0.6) is 0 Å². The summed E-state index contributed by atoms with van der Waals surface area (Å²) in [6, 6.07) is 3.55. The zero-order valence-corrected chi connectivity index (χ0v) is 64.0. The Morgan fingerprint density at radius 1 is 0.545 bits per heavy atom. The summed E-state index contributed by atoms with van der Waals surface area (Å²) in [5, 5.41) is 25.5. The molecule has 2 aliphatic rings. The molecule has 2 heterocycles. The van der Waals surface area contributed by atoms with Gasteiger partial charge in [0.05, 0.1) is 24.7 Å². The molecule has 0 saturated carbocycles. The number of carbonyl (C=O) groups excluding carboxylic acids is 12. The van der Waals surface area contributed by atoms with Crippen molar-refractivity contribution in [1.82, 2.24) is 60.9 Å². The van der Waals surface area contributed by atoms with Crippen molar-refractivity contribution in [1.29, 1.82) is 0 Å². The van der Waals surface area contributed by atoms with Gasteiger partial charge in [0, 0.05) is 68.2 Å². The number of hydrogen-bond donors (Lipinski definition) is 6. The van der Waals surface area contributed by atoms with Gasteiger partial charge >= 0.3 is 0 Å².